The number of nitrogens with one attached hydrogen (secondary N) is 1. The van der Waals surface area contributed by atoms with Gasteiger partial charge in [0.15, 0.2) is 0 Å². The normalized spacial score (nSPS) is 10.7. The van der Waals surface area contributed by atoms with Crippen molar-refractivity contribution in [1.29, 1.82) is 0 Å². The summed E-state index contributed by atoms with van der Waals surface area (Å²) in [6.45, 7) is 0.612. The lowest BCUT2D eigenvalue weighted by molar-refractivity contribution is -0.120. The molecular formula is C18H17Cl4NOS. The smallest absolute Gasteiger partial charge is 0.220 e. The van der Waals surface area contributed by atoms with Crippen molar-refractivity contribution in [2.45, 2.75) is 18.6 Å². The topological polar surface area (TPSA) is 29.1 Å². The van der Waals surface area contributed by atoms with Crippen molar-refractivity contribution in [2.24, 2.45) is 0 Å². The SMILES string of the molecule is O=C(CCc1c(Cl)cccc1Cl)NCCSCc1ccc(Cl)c(Cl)c1. The fraction of sp³-hybridized carbons (Fsp3) is 0.278. The first-order chi connectivity index (χ1) is 12.0. The third-order valence-corrected chi connectivity index (χ3v) is 5.96. The van der Waals surface area contributed by atoms with Gasteiger partial charge in [-0.25, -0.2) is 0 Å². The molecule has 0 fully saturated rings. The Labute approximate surface area is 172 Å². The highest BCUT2D eigenvalue weighted by Crippen LogP contribution is 2.26. The van der Waals surface area contributed by atoms with Gasteiger partial charge in [-0.3, -0.25) is 4.79 Å². The van der Waals surface area contributed by atoms with Gasteiger partial charge in [0.2, 0.25) is 5.91 Å². The molecule has 25 heavy (non-hydrogen) atoms. The number of benzene rings is 2. The molecule has 1 N–H and O–H groups in total. The Kier molecular flexibility index (Phi) is 8.74. The van der Waals surface area contributed by atoms with Gasteiger partial charge in [0, 0.05) is 34.5 Å². The van der Waals surface area contributed by atoms with Gasteiger partial charge in [0.1, 0.15) is 0 Å². The Hall–Kier alpha value is -0.580. The molecule has 0 heterocycles. The summed E-state index contributed by atoms with van der Waals surface area (Å²) >= 11 is 25.8. The molecule has 134 valence electrons. The molecule has 2 aromatic carbocycles. The van der Waals surface area contributed by atoms with E-state index in [-0.39, 0.29) is 5.91 Å². The van der Waals surface area contributed by atoms with Crippen LogP contribution in [-0.4, -0.2) is 18.2 Å². The highest BCUT2D eigenvalue weighted by atomic mass is 35.5. The first-order valence-corrected chi connectivity index (χ1v) is 10.4. The molecule has 7 heteroatoms. The summed E-state index contributed by atoms with van der Waals surface area (Å²) in [4.78, 5) is 11.9. The molecule has 2 aromatic rings. The zero-order chi connectivity index (χ0) is 18.2. The number of amides is 1. The van der Waals surface area contributed by atoms with Crippen molar-refractivity contribution in [3.05, 3.63) is 67.6 Å². The van der Waals surface area contributed by atoms with Crippen molar-refractivity contribution in [3.63, 3.8) is 0 Å². The second-order valence-corrected chi connectivity index (χ2v) is 8.09. The Morgan fingerprint density at radius 1 is 0.960 bits per heavy atom. The summed E-state index contributed by atoms with van der Waals surface area (Å²) in [6, 6.07) is 11.0. The molecule has 0 aromatic heterocycles. The number of hydrogen-bond donors (Lipinski definition) is 1. The summed E-state index contributed by atoms with van der Waals surface area (Å²) in [7, 11) is 0. The van der Waals surface area contributed by atoms with Crippen LogP contribution in [0.4, 0.5) is 0 Å². The van der Waals surface area contributed by atoms with Crippen LogP contribution < -0.4 is 5.32 Å². The molecule has 0 saturated heterocycles. The molecule has 0 radical (unpaired) electrons. The van der Waals surface area contributed by atoms with E-state index in [0.717, 1.165) is 22.6 Å². The van der Waals surface area contributed by atoms with Crippen molar-refractivity contribution in [2.75, 3.05) is 12.3 Å². The summed E-state index contributed by atoms with van der Waals surface area (Å²) < 4.78 is 0. The minimum absolute atomic E-state index is 0.00822. The number of carbonyl (C=O) groups excluding carboxylic acids is 1. The standard InChI is InChI=1S/C18H17Cl4NOS/c19-14-2-1-3-15(20)13(14)5-7-18(24)23-8-9-25-11-12-4-6-16(21)17(22)10-12/h1-4,6,10H,5,7-9,11H2,(H,23,24). The third kappa shape index (κ3) is 6.92. The van der Waals surface area contributed by atoms with Crippen LogP contribution in [0.1, 0.15) is 17.5 Å². The second-order valence-electron chi connectivity index (χ2n) is 5.35. The molecule has 0 atom stereocenters. The third-order valence-electron chi connectivity index (χ3n) is 3.49. The van der Waals surface area contributed by atoms with E-state index >= 15 is 0 Å². The molecule has 0 unspecified atom stereocenters. The molecular weight excluding hydrogens is 420 g/mol. The quantitative estimate of drug-likeness (QED) is 0.493. The molecule has 2 rings (SSSR count). The van der Waals surface area contributed by atoms with Gasteiger partial charge in [0.05, 0.1) is 10.0 Å². The maximum Gasteiger partial charge on any atom is 0.220 e. The van der Waals surface area contributed by atoms with Crippen LogP contribution >= 0.6 is 58.2 Å². The number of hydrogen-bond acceptors (Lipinski definition) is 2. The zero-order valence-electron chi connectivity index (χ0n) is 13.3. The molecule has 0 aliphatic rings. The van der Waals surface area contributed by atoms with Crippen LogP contribution in [0.15, 0.2) is 36.4 Å². The molecule has 0 saturated carbocycles. The van der Waals surface area contributed by atoms with E-state index in [1.807, 2.05) is 12.1 Å². The zero-order valence-corrected chi connectivity index (χ0v) is 17.2. The molecule has 0 aliphatic carbocycles. The number of halogens is 4. The summed E-state index contributed by atoms with van der Waals surface area (Å²) in [6.07, 6.45) is 0.891. The van der Waals surface area contributed by atoms with Gasteiger partial charge in [-0.15, -0.1) is 0 Å². The van der Waals surface area contributed by atoms with Crippen LogP contribution in [-0.2, 0) is 17.0 Å². The first kappa shape index (κ1) is 20.7. The monoisotopic (exact) mass is 435 g/mol. The lowest BCUT2D eigenvalue weighted by Gasteiger charge is -2.08. The van der Waals surface area contributed by atoms with Gasteiger partial charge in [-0.1, -0.05) is 58.5 Å². The van der Waals surface area contributed by atoms with E-state index in [2.05, 4.69) is 5.32 Å². The van der Waals surface area contributed by atoms with Crippen molar-refractivity contribution in [3.8, 4) is 0 Å². The molecule has 0 bridgehead atoms. The predicted octanol–water partition coefficient (Wildman–Crippen LogP) is 6.28. The Balaban J connectivity index is 1.64. The fourth-order valence-corrected chi connectivity index (χ4v) is 3.89. The van der Waals surface area contributed by atoms with Crippen LogP contribution in [0, 0.1) is 0 Å². The van der Waals surface area contributed by atoms with Gasteiger partial charge in [-0.2, -0.15) is 11.8 Å². The first-order valence-electron chi connectivity index (χ1n) is 7.68. The van der Waals surface area contributed by atoms with Crippen molar-refractivity contribution < 1.29 is 4.79 Å². The van der Waals surface area contributed by atoms with E-state index in [1.54, 1.807) is 36.0 Å². The Bertz CT molecular complexity index is 719. The second kappa shape index (κ2) is 10.5. The molecule has 0 aliphatic heterocycles. The average Bonchev–Trinajstić information content (AvgIpc) is 2.57. The van der Waals surface area contributed by atoms with Gasteiger partial charge in [-0.05, 0) is 41.8 Å². The lowest BCUT2D eigenvalue weighted by Crippen LogP contribution is -2.26. The lowest BCUT2D eigenvalue weighted by atomic mass is 10.1. The van der Waals surface area contributed by atoms with E-state index in [0.29, 0.717) is 39.5 Å². The van der Waals surface area contributed by atoms with Gasteiger partial charge >= 0.3 is 0 Å². The maximum absolute atomic E-state index is 11.9. The predicted molar refractivity (Wildman–Crippen MR) is 110 cm³/mol. The summed E-state index contributed by atoms with van der Waals surface area (Å²) in [5.41, 5.74) is 1.93. The van der Waals surface area contributed by atoms with Gasteiger partial charge < -0.3 is 5.32 Å². The molecule has 1 amide bonds. The van der Waals surface area contributed by atoms with Crippen molar-refractivity contribution in [1.82, 2.24) is 5.32 Å². The number of carbonyl (C=O) groups is 1. The summed E-state index contributed by atoms with van der Waals surface area (Å²) in [5, 5.41) is 5.21. The van der Waals surface area contributed by atoms with Crippen LogP contribution in [0.3, 0.4) is 0 Å². The van der Waals surface area contributed by atoms with E-state index in [1.165, 1.54) is 0 Å². The average molecular weight is 437 g/mol. The van der Waals surface area contributed by atoms with Crippen LogP contribution in [0.2, 0.25) is 20.1 Å². The maximum atomic E-state index is 11.9. The van der Waals surface area contributed by atoms with E-state index < -0.39 is 0 Å². The fourth-order valence-electron chi connectivity index (χ4n) is 2.18. The summed E-state index contributed by atoms with van der Waals surface area (Å²) in [5.74, 6) is 1.63. The van der Waals surface area contributed by atoms with Crippen LogP contribution in [0.5, 0.6) is 0 Å². The molecule has 0 spiro atoms. The number of rotatable bonds is 8. The van der Waals surface area contributed by atoms with Crippen LogP contribution in [0.25, 0.3) is 0 Å². The van der Waals surface area contributed by atoms with E-state index in [9.17, 15) is 4.79 Å². The number of thioether (sulfide) groups is 1. The largest absolute Gasteiger partial charge is 0.355 e. The van der Waals surface area contributed by atoms with E-state index in [4.69, 9.17) is 46.4 Å². The Morgan fingerprint density at radius 2 is 1.68 bits per heavy atom. The van der Waals surface area contributed by atoms with Gasteiger partial charge in [0.25, 0.3) is 0 Å². The minimum Gasteiger partial charge on any atom is -0.355 e. The Morgan fingerprint density at radius 3 is 2.36 bits per heavy atom. The van der Waals surface area contributed by atoms with Crippen molar-refractivity contribution >= 4 is 64.1 Å². The molecule has 2 nitrogen and oxygen atoms in total. The highest BCUT2D eigenvalue weighted by Gasteiger charge is 2.08. The minimum atomic E-state index is -0.00822. The highest BCUT2D eigenvalue weighted by molar-refractivity contribution is 7.98.